The minimum atomic E-state index is -4.67. The smallest absolute Gasteiger partial charge is 0.417 e. The van der Waals surface area contributed by atoms with Crippen LogP contribution in [0, 0.1) is 6.92 Å². The molecule has 1 amide bonds. The van der Waals surface area contributed by atoms with E-state index in [2.05, 4.69) is 20.2 Å². The quantitative estimate of drug-likeness (QED) is 0.832. The molecule has 2 aromatic heterocycles. The van der Waals surface area contributed by atoms with E-state index in [0.29, 0.717) is 25.1 Å². The number of aryl methyl sites for hydroxylation is 1. The Bertz CT molecular complexity index is 729. The van der Waals surface area contributed by atoms with Gasteiger partial charge in [-0.25, -0.2) is 4.98 Å². The number of aromatic nitrogens is 4. The lowest BCUT2D eigenvalue weighted by atomic mass is 9.98. The molecule has 1 aliphatic rings. The van der Waals surface area contributed by atoms with Gasteiger partial charge in [0.2, 0.25) is 5.89 Å². The van der Waals surface area contributed by atoms with Crippen molar-refractivity contribution in [2.45, 2.75) is 31.9 Å². The number of piperidine rings is 1. The van der Waals surface area contributed by atoms with Crippen molar-refractivity contribution in [1.29, 1.82) is 0 Å². The first-order chi connectivity index (χ1) is 11.3. The van der Waals surface area contributed by atoms with E-state index in [1.54, 1.807) is 6.92 Å². The monoisotopic (exact) mass is 341 g/mol. The fourth-order valence-electron chi connectivity index (χ4n) is 2.54. The SMILES string of the molecule is Cc1cnc(C(=O)N2CCCC(c3nnc(C(F)(F)F)o3)C2)cn1. The fourth-order valence-corrected chi connectivity index (χ4v) is 2.54. The number of likely N-dealkylation sites (tertiary alicyclic amines) is 1. The van der Waals surface area contributed by atoms with Crippen molar-refractivity contribution < 1.29 is 22.4 Å². The number of halogens is 3. The molecule has 7 nitrogen and oxygen atoms in total. The van der Waals surface area contributed by atoms with Gasteiger partial charge in [0.25, 0.3) is 5.91 Å². The summed E-state index contributed by atoms with van der Waals surface area (Å²) >= 11 is 0. The van der Waals surface area contributed by atoms with Crippen LogP contribution >= 0.6 is 0 Å². The largest absolute Gasteiger partial charge is 0.470 e. The summed E-state index contributed by atoms with van der Waals surface area (Å²) in [6.07, 6.45) is -0.604. The number of hydrogen-bond acceptors (Lipinski definition) is 6. The van der Waals surface area contributed by atoms with E-state index >= 15 is 0 Å². The molecule has 3 rings (SSSR count). The van der Waals surface area contributed by atoms with Crippen molar-refractivity contribution in [3.05, 3.63) is 35.6 Å². The molecule has 24 heavy (non-hydrogen) atoms. The van der Waals surface area contributed by atoms with Gasteiger partial charge in [0.15, 0.2) is 0 Å². The lowest BCUT2D eigenvalue weighted by Crippen LogP contribution is -2.39. The van der Waals surface area contributed by atoms with Crippen LogP contribution in [0.4, 0.5) is 13.2 Å². The molecule has 1 unspecified atom stereocenters. The first kappa shape index (κ1) is 16.3. The van der Waals surface area contributed by atoms with Crippen molar-refractivity contribution >= 4 is 5.91 Å². The van der Waals surface area contributed by atoms with Crippen LogP contribution in [0.3, 0.4) is 0 Å². The van der Waals surface area contributed by atoms with E-state index in [0.717, 1.165) is 0 Å². The normalized spacial score (nSPS) is 18.7. The Labute approximate surface area is 134 Å². The standard InChI is InChI=1S/C14H14F3N5O2/c1-8-5-19-10(6-18-8)12(23)22-4-2-3-9(7-22)11-20-21-13(24-11)14(15,16)17/h5-6,9H,2-4,7H2,1H3. The average molecular weight is 341 g/mol. The molecule has 0 radical (unpaired) electrons. The summed E-state index contributed by atoms with van der Waals surface area (Å²) in [4.78, 5) is 22.0. The Morgan fingerprint density at radius 2 is 2.08 bits per heavy atom. The van der Waals surface area contributed by atoms with E-state index < -0.39 is 18.0 Å². The molecule has 3 heterocycles. The third-order valence-electron chi connectivity index (χ3n) is 3.74. The summed E-state index contributed by atoms with van der Waals surface area (Å²) < 4.78 is 42.4. The van der Waals surface area contributed by atoms with E-state index in [1.807, 2.05) is 0 Å². The minimum absolute atomic E-state index is 0.102. The van der Waals surface area contributed by atoms with Gasteiger partial charge in [0.05, 0.1) is 17.8 Å². The van der Waals surface area contributed by atoms with Gasteiger partial charge in [-0.15, -0.1) is 10.2 Å². The molecule has 0 spiro atoms. The third kappa shape index (κ3) is 3.36. The highest BCUT2D eigenvalue weighted by Gasteiger charge is 2.39. The van der Waals surface area contributed by atoms with Crippen LogP contribution in [0.1, 0.15) is 46.7 Å². The van der Waals surface area contributed by atoms with Gasteiger partial charge in [-0.2, -0.15) is 13.2 Å². The van der Waals surface area contributed by atoms with Crippen LogP contribution in [-0.2, 0) is 6.18 Å². The molecular formula is C14H14F3N5O2. The van der Waals surface area contributed by atoms with Crippen LogP contribution in [0.2, 0.25) is 0 Å². The summed E-state index contributed by atoms with van der Waals surface area (Å²) in [7, 11) is 0. The molecule has 128 valence electrons. The van der Waals surface area contributed by atoms with Crippen molar-refractivity contribution in [1.82, 2.24) is 25.1 Å². The van der Waals surface area contributed by atoms with Gasteiger partial charge < -0.3 is 9.32 Å². The topological polar surface area (TPSA) is 85.0 Å². The molecular weight excluding hydrogens is 327 g/mol. The number of alkyl halides is 3. The van der Waals surface area contributed by atoms with Crippen LogP contribution in [0.5, 0.6) is 0 Å². The zero-order valence-electron chi connectivity index (χ0n) is 12.7. The maximum atomic E-state index is 12.6. The van der Waals surface area contributed by atoms with E-state index in [1.165, 1.54) is 17.3 Å². The van der Waals surface area contributed by atoms with Crippen molar-refractivity contribution in [2.24, 2.45) is 0 Å². The minimum Gasteiger partial charge on any atom is -0.417 e. The molecule has 2 aromatic rings. The van der Waals surface area contributed by atoms with Crippen molar-refractivity contribution in [2.75, 3.05) is 13.1 Å². The van der Waals surface area contributed by atoms with Gasteiger partial charge >= 0.3 is 12.1 Å². The maximum Gasteiger partial charge on any atom is 0.470 e. The molecule has 0 saturated carbocycles. The predicted molar refractivity (Wildman–Crippen MR) is 73.9 cm³/mol. The molecule has 0 N–H and O–H groups in total. The number of nitrogens with zero attached hydrogens (tertiary/aromatic N) is 5. The summed E-state index contributed by atoms with van der Waals surface area (Å²) in [5.41, 5.74) is 0.886. The molecule has 10 heteroatoms. The third-order valence-corrected chi connectivity index (χ3v) is 3.74. The van der Waals surface area contributed by atoms with Crippen LogP contribution in [0.25, 0.3) is 0 Å². The molecule has 0 aliphatic carbocycles. The van der Waals surface area contributed by atoms with Crippen LogP contribution in [-0.4, -0.2) is 44.1 Å². The molecule has 1 fully saturated rings. The second-order valence-electron chi connectivity index (χ2n) is 5.58. The van der Waals surface area contributed by atoms with Gasteiger partial charge in [0.1, 0.15) is 5.69 Å². The molecule has 1 atom stereocenters. The Kier molecular flexibility index (Phi) is 4.20. The van der Waals surface area contributed by atoms with Crippen LogP contribution < -0.4 is 0 Å². The second-order valence-corrected chi connectivity index (χ2v) is 5.58. The van der Waals surface area contributed by atoms with Gasteiger partial charge in [0, 0.05) is 19.3 Å². The number of rotatable bonds is 2. The van der Waals surface area contributed by atoms with E-state index in [4.69, 9.17) is 4.42 Å². The van der Waals surface area contributed by atoms with Crippen molar-refractivity contribution in [3.63, 3.8) is 0 Å². The summed E-state index contributed by atoms with van der Waals surface area (Å²) in [6, 6.07) is 0. The first-order valence-electron chi connectivity index (χ1n) is 7.33. The highest BCUT2D eigenvalue weighted by Crippen LogP contribution is 2.32. The van der Waals surface area contributed by atoms with Crippen molar-refractivity contribution in [3.8, 4) is 0 Å². The lowest BCUT2D eigenvalue weighted by molar-refractivity contribution is -0.157. The molecule has 0 aromatic carbocycles. The number of carbonyl (C=O) groups excluding carboxylic acids is 1. The van der Waals surface area contributed by atoms with E-state index in [-0.39, 0.29) is 24.0 Å². The van der Waals surface area contributed by atoms with Gasteiger partial charge in [-0.1, -0.05) is 0 Å². The zero-order chi connectivity index (χ0) is 17.3. The Morgan fingerprint density at radius 3 is 2.71 bits per heavy atom. The van der Waals surface area contributed by atoms with Gasteiger partial charge in [-0.3, -0.25) is 9.78 Å². The number of carbonyl (C=O) groups is 1. The zero-order valence-corrected chi connectivity index (χ0v) is 12.7. The summed E-state index contributed by atoms with van der Waals surface area (Å²) in [6.45, 7) is 2.45. The number of amides is 1. The Balaban J connectivity index is 1.73. The lowest BCUT2D eigenvalue weighted by Gasteiger charge is -2.30. The molecule has 1 saturated heterocycles. The molecule has 1 aliphatic heterocycles. The van der Waals surface area contributed by atoms with Crippen LogP contribution in [0.15, 0.2) is 16.8 Å². The second kappa shape index (κ2) is 6.17. The maximum absolute atomic E-state index is 12.6. The Hall–Kier alpha value is -2.52. The first-order valence-corrected chi connectivity index (χ1v) is 7.33. The summed E-state index contributed by atoms with van der Waals surface area (Å²) in [5.74, 6) is -2.22. The fraction of sp³-hybridized carbons (Fsp3) is 0.500. The number of hydrogen-bond donors (Lipinski definition) is 0. The Morgan fingerprint density at radius 1 is 1.29 bits per heavy atom. The molecule has 0 bridgehead atoms. The highest BCUT2D eigenvalue weighted by molar-refractivity contribution is 5.92. The van der Waals surface area contributed by atoms with Gasteiger partial charge in [-0.05, 0) is 19.8 Å². The van der Waals surface area contributed by atoms with E-state index in [9.17, 15) is 18.0 Å². The predicted octanol–water partition coefficient (Wildman–Crippen LogP) is 2.21. The average Bonchev–Trinajstić information content (AvgIpc) is 3.05. The summed E-state index contributed by atoms with van der Waals surface area (Å²) in [5, 5.41) is 6.51. The highest BCUT2D eigenvalue weighted by atomic mass is 19.4.